The molecule has 1 heterocycles. The molecule has 0 spiro atoms. The predicted molar refractivity (Wildman–Crippen MR) is 117 cm³/mol. The van der Waals surface area contributed by atoms with Gasteiger partial charge in [-0.2, -0.15) is 0 Å². The van der Waals surface area contributed by atoms with Gasteiger partial charge in [0.2, 0.25) is 21.7 Å². The van der Waals surface area contributed by atoms with Crippen molar-refractivity contribution >= 4 is 21.6 Å². The maximum Gasteiger partial charge on any atom is 0.234 e. The van der Waals surface area contributed by atoms with Gasteiger partial charge in [-0.25, -0.2) is 13.1 Å². The number of anilines is 1. The van der Waals surface area contributed by atoms with Crippen LogP contribution < -0.4 is 28.6 Å². The Hall–Kier alpha value is -3.18. The Kier molecular flexibility index (Phi) is 6.70. The molecule has 2 N–H and O–H groups in total. The molecular formula is C21H26N2O8S. The van der Waals surface area contributed by atoms with Gasteiger partial charge in [0, 0.05) is 18.7 Å². The SMILES string of the molecule is COc1ccc([C@H]2[C@@H](CNS(C)(=O)=O)C(=O)N2c2cc(OC)c(OC)c(OC)c2)cc1O. The van der Waals surface area contributed by atoms with Gasteiger partial charge in [-0.1, -0.05) is 6.07 Å². The van der Waals surface area contributed by atoms with Crippen LogP contribution in [-0.2, 0) is 14.8 Å². The van der Waals surface area contributed by atoms with Gasteiger partial charge in [0.15, 0.2) is 23.0 Å². The van der Waals surface area contributed by atoms with Crippen molar-refractivity contribution < 1.29 is 37.3 Å². The van der Waals surface area contributed by atoms with Gasteiger partial charge >= 0.3 is 0 Å². The first-order valence-corrected chi connectivity index (χ1v) is 11.5. The minimum Gasteiger partial charge on any atom is -0.504 e. The molecule has 0 saturated carbocycles. The van der Waals surface area contributed by atoms with Crippen LogP contribution in [0.4, 0.5) is 5.69 Å². The fourth-order valence-electron chi connectivity index (χ4n) is 3.76. The van der Waals surface area contributed by atoms with Crippen molar-refractivity contribution in [3.05, 3.63) is 35.9 Å². The fraction of sp³-hybridized carbons (Fsp3) is 0.381. The zero-order valence-corrected chi connectivity index (χ0v) is 19.2. The number of rotatable bonds is 9. The molecule has 0 aromatic heterocycles. The number of amides is 1. The molecule has 0 bridgehead atoms. The average Bonchev–Trinajstić information content (AvgIpc) is 2.75. The topological polar surface area (TPSA) is 124 Å². The molecule has 2 atom stereocenters. The summed E-state index contributed by atoms with van der Waals surface area (Å²) in [5, 5.41) is 10.3. The second kappa shape index (κ2) is 9.13. The number of phenols is 1. The van der Waals surface area contributed by atoms with Gasteiger partial charge in [-0.05, 0) is 17.7 Å². The number of carbonyl (C=O) groups excluding carboxylic acids is 1. The average molecular weight is 467 g/mol. The molecule has 2 aromatic carbocycles. The molecule has 3 rings (SSSR count). The van der Waals surface area contributed by atoms with Crippen LogP contribution in [-0.4, -0.2) is 60.7 Å². The second-order valence-electron chi connectivity index (χ2n) is 7.20. The summed E-state index contributed by atoms with van der Waals surface area (Å²) in [5.41, 5.74) is 1.08. The van der Waals surface area contributed by atoms with Crippen molar-refractivity contribution in [2.75, 3.05) is 46.1 Å². The lowest BCUT2D eigenvalue weighted by Crippen LogP contribution is -2.58. The van der Waals surface area contributed by atoms with Gasteiger partial charge in [0.05, 0.1) is 52.3 Å². The standard InChI is InChI=1S/C21H26N2O8S/c1-28-16-7-6-12(8-15(16)24)19-14(11-22-32(5,26)27)21(25)23(19)13-9-17(29-2)20(31-4)18(10-13)30-3/h6-10,14,19,22,24H,11H2,1-5H3/t14-,19+/m1/s1. The minimum atomic E-state index is -3.50. The van der Waals surface area contributed by atoms with Crippen LogP contribution in [0.1, 0.15) is 11.6 Å². The van der Waals surface area contributed by atoms with Gasteiger partial charge in [0.1, 0.15) is 0 Å². The van der Waals surface area contributed by atoms with Crippen molar-refractivity contribution in [2.24, 2.45) is 5.92 Å². The Balaban J connectivity index is 2.07. The third kappa shape index (κ3) is 4.39. The fourth-order valence-corrected chi connectivity index (χ4v) is 4.24. The molecule has 32 heavy (non-hydrogen) atoms. The van der Waals surface area contributed by atoms with E-state index in [1.54, 1.807) is 24.3 Å². The van der Waals surface area contributed by atoms with E-state index in [2.05, 4.69) is 4.72 Å². The number of nitrogens with zero attached hydrogens (tertiary/aromatic N) is 1. The van der Waals surface area contributed by atoms with E-state index in [1.165, 1.54) is 39.4 Å². The van der Waals surface area contributed by atoms with Gasteiger partial charge in [-0.3, -0.25) is 4.79 Å². The highest BCUT2D eigenvalue weighted by Crippen LogP contribution is 2.49. The van der Waals surface area contributed by atoms with Crippen molar-refractivity contribution in [1.82, 2.24) is 4.72 Å². The number of sulfonamides is 1. The van der Waals surface area contributed by atoms with E-state index in [-0.39, 0.29) is 24.0 Å². The lowest BCUT2D eigenvalue weighted by molar-refractivity contribution is -0.130. The second-order valence-corrected chi connectivity index (χ2v) is 9.03. The number of ether oxygens (including phenoxy) is 4. The molecule has 1 saturated heterocycles. The summed E-state index contributed by atoms with van der Waals surface area (Å²) in [6.45, 7) is -0.0873. The Labute approximate surface area is 186 Å². The summed E-state index contributed by atoms with van der Waals surface area (Å²) >= 11 is 0. The molecule has 0 radical (unpaired) electrons. The number of aromatic hydroxyl groups is 1. The summed E-state index contributed by atoms with van der Waals surface area (Å²) in [6, 6.07) is 7.51. The van der Waals surface area contributed by atoms with Crippen LogP contribution in [0.5, 0.6) is 28.7 Å². The highest BCUT2D eigenvalue weighted by molar-refractivity contribution is 7.88. The quantitative estimate of drug-likeness (QED) is 0.535. The van der Waals surface area contributed by atoms with Gasteiger partial charge in [0.25, 0.3) is 0 Å². The van der Waals surface area contributed by atoms with E-state index in [9.17, 15) is 18.3 Å². The van der Waals surface area contributed by atoms with Crippen molar-refractivity contribution in [1.29, 1.82) is 0 Å². The van der Waals surface area contributed by atoms with Crippen molar-refractivity contribution in [2.45, 2.75) is 6.04 Å². The van der Waals surface area contributed by atoms with E-state index in [4.69, 9.17) is 18.9 Å². The van der Waals surface area contributed by atoms with E-state index in [0.717, 1.165) is 6.26 Å². The smallest absolute Gasteiger partial charge is 0.234 e. The molecule has 0 aliphatic carbocycles. The zero-order valence-electron chi connectivity index (χ0n) is 18.4. The number of hydrogen-bond donors (Lipinski definition) is 2. The number of nitrogens with one attached hydrogen (secondary N) is 1. The summed E-state index contributed by atoms with van der Waals surface area (Å²) in [7, 11) is 2.35. The number of β-lactam (4-membered cyclic amide) rings is 1. The lowest BCUT2D eigenvalue weighted by atomic mass is 9.81. The summed E-state index contributed by atoms with van der Waals surface area (Å²) in [5.74, 6) is 0.314. The van der Waals surface area contributed by atoms with Crippen LogP contribution in [0.3, 0.4) is 0 Å². The molecule has 10 nitrogen and oxygen atoms in total. The van der Waals surface area contributed by atoms with Crippen LogP contribution >= 0.6 is 0 Å². The molecule has 11 heteroatoms. The van der Waals surface area contributed by atoms with E-state index in [0.29, 0.717) is 28.5 Å². The highest BCUT2D eigenvalue weighted by Gasteiger charge is 2.49. The van der Waals surface area contributed by atoms with E-state index >= 15 is 0 Å². The Morgan fingerprint density at radius 1 is 0.969 bits per heavy atom. The lowest BCUT2D eigenvalue weighted by Gasteiger charge is -2.47. The number of hydrogen-bond acceptors (Lipinski definition) is 8. The molecule has 174 valence electrons. The van der Waals surface area contributed by atoms with Gasteiger partial charge < -0.3 is 29.0 Å². The number of carbonyl (C=O) groups is 1. The van der Waals surface area contributed by atoms with Crippen LogP contribution in [0.2, 0.25) is 0 Å². The highest BCUT2D eigenvalue weighted by atomic mass is 32.2. The largest absolute Gasteiger partial charge is 0.504 e. The first-order chi connectivity index (χ1) is 15.1. The van der Waals surface area contributed by atoms with Gasteiger partial charge in [-0.15, -0.1) is 0 Å². The molecule has 1 aliphatic rings. The molecule has 1 aliphatic heterocycles. The van der Waals surface area contributed by atoms with Crippen LogP contribution in [0.25, 0.3) is 0 Å². The predicted octanol–water partition coefficient (Wildman–Crippen LogP) is 1.68. The number of methoxy groups -OCH3 is 4. The molecule has 1 fully saturated rings. The maximum absolute atomic E-state index is 13.1. The third-order valence-corrected chi connectivity index (χ3v) is 5.94. The summed E-state index contributed by atoms with van der Waals surface area (Å²) in [4.78, 5) is 14.6. The Bertz CT molecular complexity index is 1090. The Morgan fingerprint density at radius 2 is 1.56 bits per heavy atom. The third-order valence-electron chi connectivity index (χ3n) is 5.25. The first-order valence-electron chi connectivity index (χ1n) is 9.59. The molecule has 2 aromatic rings. The Morgan fingerprint density at radius 3 is 2.03 bits per heavy atom. The van der Waals surface area contributed by atoms with E-state index in [1.807, 2.05) is 0 Å². The number of benzene rings is 2. The van der Waals surface area contributed by atoms with Crippen LogP contribution in [0, 0.1) is 5.92 Å². The van der Waals surface area contributed by atoms with E-state index < -0.39 is 22.0 Å². The summed E-state index contributed by atoms with van der Waals surface area (Å²) < 4.78 is 46.8. The summed E-state index contributed by atoms with van der Waals surface area (Å²) in [6.07, 6.45) is 1.03. The molecule has 0 unspecified atom stereocenters. The molecule has 1 amide bonds. The minimum absolute atomic E-state index is 0.0873. The zero-order chi connectivity index (χ0) is 23.6. The van der Waals surface area contributed by atoms with Crippen LogP contribution in [0.15, 0.2) is 30.3 Å². The molecular weight excluding hydrogens is 440 g/mol. The maximum atomic E-state index is 13.1. The van der Waals surface area contributed by atoms with Crippen molar-refractivity contribution in [3.8, 4) is 28.7 Å². The van der Waals surface area contributed by atoms with Crippen molar-refractivity contribution in [3.63, 3.8) is 0 Å². The first kappa shape index (κ1) is 23.5. The number of phenolic OH excluding ortho intramolecular Hbond substituents is 1. The normalized spacial score (nSPS) is 18.2. The monoisotopic (exact) mass is 466 g/mol.